The predicted molar refractivity (Wildman–Crippen MR) is 67.7 cm³/mol. The van der Waals surface area contributed by atoms with E-state index >= 15 is 0 Å². The first kappa shape index (κ1) is 12.1. The van der Waals surface area contributed by atoms with Gasteiger partial charge >= 0.3 is 0 Å². The maximum atomic E-state index is 5.92. The molecule has 2 heterocycles. The SMILES string of the molecule is CC(NCc1ncc(Cl)n1C)c1cccnc1. The van der Waals surface area contributed by atoms with Gasteiger partial charge in [0.15, 0.2) is 0 Å². The standard InChI is InChI=1S/C12H15ClN4/c1-9(10-4-3-5-14-6-10)15-8-12-16-7-11(13)17(12)2/h3-7,9,15H,8H2,1-2H3. The minimum atomic E-state index is 0.235. The van der Waals surface area contributed by atoms with Crippen molar-refractivity contribution in [2.24, 2.45) is 7.05 Å². The number of halogens is 1. The molecule has 90 valence electrons. The smallest absolute Gasteiger partial charge is 0.128 e. The van der Waals surface area contributed by atoms with Crippen molar-refractivity contribution in [1.29, 1.82) is 0 Å². The molecular weight excluding hydrogens is 236 g/mol. The van der Waals surface area contributed by atoms with Crippen molar-refractivity contribution in [2.45, 2.75) is 19.5 Å². The van der Waals surface area contributed by atoms with Crippen LogP contribution in [0.3, 0.4) is 0 Å². The quantitative estimate of drug-likeness (QED) is 0.906. The molecule has 2 aromatic heterocycles. The first-order valence-electron chi connectivity index (χ1n) is 5.48. The lowest BCUT2D eigenvalue weighted by Gasteiger charge is -2.13. The zero-order valence-electron chi connectivity index (χ0n) is 9.89. The van der Waals surface area contributed by atoms with Crippen LogP contribution in [-0.4, -0.2) is 14.5 Å². The van der Waals surface area contributed by atoms with Crippen LogP contribution in [0.5, 0.6) is 0 Å². The molecule has 0 amide bonds. The fourth-order valence-corrected chi connectivity index (χ4v) is 1.73. The Morgan fingerprint density at radius 3 is 2.88 bits per heavy atom. The fourth-order valence-electron chi connectivity index (χ4n) is 1.58. The van der Waals surface area contributed by atoms with E-state index in [1.807, 2.05) is 23.9 Å². The Bertz CT molecular complexity index is 481. The zero-order valence-corrected chi connectivity index (χ0v) is 10.6. The van der Waals surface area contributed by atoms with Crippen molar-refractivity contribution in [3.63, 3.8) is 0 Å². The van der Waals surface area contributed by atoms with Crippen LogP contribution in [0.1, 0.15) is 24.4 Å². The molecule has 0 aliphatic rings. The van der Waals surface area contributed by atoms with Crippen LogP contribution in [0.4, 0.5) is 0 Å². The van der Waals surface area contributed by atoms with Gasteiger partial charge in [0.05, 0.1) is 12.7 Å². The third-order valence-electron chi connectivity index (χ3n) is 2.78. The van der Waals surface area contributed by atoms with E-state index in [0.29, 0.717) is 11.7 Å². The van der Waals surface area contributed by atoms with Gasteiger partial charge in [0.1, 0.15) is 11.0 Å². The minimum absolute atomic E-state index is 0.235. The van der Waals surface area contributed by atoms with Gasteiger partial charge in [-0.2, -0.15) is 0 Å². The average Bonchev–Trinajstić information content (AvgIpc) is 2.68. The van der Waals surface area contributed by atoms with E-state index < -0.39 is 0 Å². The number of rotatable bonds is 4. The van der Waals surface area contributed by atoms with Crippen LogP contribution < -0.4 is 5.32 Å². The van der Waals surface area contributed by atoms with E-state index in [4.69, 9.17) is 11.6 Å². The highest BCUT2D eigenvalue weighted by molar-refractivity contribution is 6.29. The van der Waals surface area contributed by atoms with Gasteiger partial charge in [0.2, 0.25) is 0 Å². The number of aromatic nitrogens is 3. The molecule has 5 heteroatoms. The highest BCUT2D eigenvalue weighted by Crippen LogP contribution is 2.12. The molecule has 0 radical (unpaired) electrons. The topological polar surface area (TPSA) is 42.7 Å². The summed E-state index contributed by atoms with van der Waals surface area (Å²) in [6.07, 6.45) is 5.30. The Morgan fingerprint density at radius 2 is 2.29 bits per heavy atom. The average molecular weight is 251 g/mol. The van der Waals surface area contributed by atoms with E-state index in [9.17, 15) is 0 Å². The first-order valence-corrected chi connectivity index (χ1v) is 5.85. The van der Waals surface area contributed by atoms with Crippen molar-refractivity contribution in [3.05, 3.63) is 47.3 Å². The third-order valence-corrected chi connectivity index (χ3v) is 3.13. The maximum Gasteiger partial charge on any atom is 0.128 e. The number of pyridine rings is 1. The molecule has 0 bridgehead atoms. The summed E-state index contributed by atoms with van der Waals surface area (Å²) in [6.45, 7) is 2.78. The molecule has 1 N–H and O–H groups in total. The van der Waals surface area contributed by atoms with Gasteiger partial charge in [-0.15, -0.1) is 0 Å². The number of nitrogens with zero attached hydrogens (tertiary/aromatic N) is 3. The maximum absolute atomic E-state index is 5.92. The molecule has 0 spiro atoms. The summed E-state index contributed by atoms with van der Waals surface area (Å²) >= 11 is 5.92. The molecule has 2 rings (SSSR count). The summed E-state index contributed by atoms with van der Waals surface area (Å²) in [6, 6.07) is 4.22. The lowest BCUT2D eigenvalue weighted by Crippen LogP contribution is -2.20. The molecular formula is C12H15ClN4. The molecule has 1 atom stereocenters. The number of nitrogens with one attached hydrogen (secondary N) is 1. The molecule has 17 heavy (non-hydrogen) atoms. The molecule has 0 aromatic carbocycles. The molecule has 0 saturated carbocycles. The summed E-state index contributed by atoms with van der Waals surface area (Å²) in [5.74, 6) is 0.922. The molecule has 0 aliphatic carbocycles. The Hall–Kier alpha value is -1.39. The molecule has 0 fully saturated rings. The fraction of sp³-hybridized carbons (Fsp3) is 0.333. The second kappa shape index (κ2) is 5.29. The van der Waals surface area contributed by atoms with Gasteiger partial charge in [-0.25, -0.2) is 4.98 Å². The van der Waals surface area contributed by atoms with Crippen molar-refractivity contribution in [3.8, 4) is 0 Å². The van der Waals surface area contributed by atoms with Crippen LogP contribution >= 0.6 is 11.6 Å². The highest BCUT2D eigenvalue weighted by Gasteiger charge is 2.08. The lowest BCUT2D eigenvalue weighted by atomic mass is 10.1. The zero-order chi connectivity index (χ0) is 12.3. The predicted octanol–water partition coefficient (Wildman–Crippen LogP) is 2.32. The number of hydrogen-bond donors (Lipinski definition) is 1. The summed E-state index contributed by atoms with van der Waals surface area (Å²) in [7, 11) is 1.90. The monoisotopic (exact) mass is 250 g/mol. The molecule has 2 aromatic rings. The second-order valence-electron chi connectivity index (χ2n) is 3.95. The molecule has 4 nitrogen and oxygen atoms in total. The summed E-state index contributed by atoms with van der Waals surface area (Å²) in [5, 5.41) is 4.04. The van der Waals surface area contributed by atoms with Gasteiger partial charge in [-0.1, -0.05) is 17.7 Å². The Morgan fingerprint density at radius 1 is 1.47 bits per heavy atom. The Labute approximate surface area is 106 Å². The van der Waals surface area contributed by atoms with E-state index in [1.54, 1.807) is 12.4 Å². The molecule has 0 aliphatic heterocycles. The summed E-state index contributed by atoms with van der Waals surface area (Å²) < 4.78 is 1.87. The van der Waals surface area contributed by atoms with Gasteiger partial charge < -0.3 is 9.88 Å². The van der Waals surface area contributed by atoms with Crippen molar-refractivity contribution in [1.82, 2.24) is 19.9 Å². The lowest BCUT2D eigenvalue weighted by molar-refractivity contribution is 0.548. The Balaban J connectivity index is 1.97. The van der Waals surface area contributed by atoms with Gasteiger partial charge in [-0.05, 0) is 18.6 Å². The minimum Gasteiger partial charge on any atom is -0.321 e. The summed E-state index contributed by atoms with van der Waals surface area (Å²) in [4.78, 5) is 8.33. The van der Waals surface area contributed by atoms with E-state index in [0.717, 1.165) is 11.4 Å². The molecule has 0 saturated heterocycles. The van der Waals surface area contributed by atoms with Gasteiger partial charge in [0.25, 0.3) is 0 Å². The van der Waals surface area contributed by atoms with Gasteiger partial charge in [0, 0.05) is 25.5 Å². The first-order chi connectivity index (χ1) is 8.18. The third kappa shape index (κ3) is 2.84. The van der Waals surface area contributed by atoms with Crippen LogP contribution in [0, 0.1) is 0 Å². The van der Waals surface area contributed by atoms with Gasteiger partial charge in [-0.3, -0.25) is 4.98 Å². The van der Waals surface area contributed by atoms with E-state index in [1.165, 1.54) is 0 Å². The van der Waals surface area contributed by atoms with E-state index in [2.05, 4.69) is 28.3 Å². The van der Waals surface area contributed by atoms with Crippen molar-refractivity contribution in [2.75, 3.05) is 0 Å². The van der Waals surface area contributed by atoms with Crippen molar-refractivity contribution < 1.29 is 0 Å². The second-order valence-corrected chi connectivity index (χ2v) is 4.33. The van der Waals surface area contributed by atoms with Crippen LogP contribution in [0.25, 0.3) is 0 Å². The van der Waals surface area contributed by atoms with Crippen LogP contribution in [0.15, 0.2) is 30.7 Å². The van der Waals surface area contributed by atoms with Crippen molar-refractivity contribution >= 4 is 11.6 Å². The highest BCUT2D eigenvalue weighted by atomic mass is 35.5. The Kier molecular flexibility index (Phi) is 3.76. The number of hydrogen-bond acceptors (Lipinski definition) is 3. The van der Waals surface area contributed by atoms with Crippen LogP contribution in [-0.2, 0) is 13.6 Å². The normalized spacial score (nSPS) is 12.6. The molecule has 1 unspecified atom stereocenters. The summed E-state index contributed by atoms with van der Waals surface area (Å²) in [5.41, 5.74) is 1.16. The van der Waals surface area contributed by atoms with Crippen LogP contribution in [0.2, 0.25) is 5.15 Å². The van der Waals surface area contributed by atoms with E-state index in [-0.39, 0.29) is 6.04 Å². The number of imidazole rings is 1. The largest absolute Gasteiger partial charge is 0.321 e.